The number of nitrogens with zero attached hydrogens (tertiary/aromatic N) is 6. The van der Waals surface area contributed by atoms with Gasteiger partial charge in [0.05, 0.1) is 11.9 Å². The molecule has 1 aliphatic heterocycles. The molecule has 9 heteroatoms. The van der Waals surface area contributed by atoms with Crippen molar-refractivity contribution in [3.05, 3.63) is 66.7 Å². The van der Waals surface area contributed by atoms with E-state index < -0.39 is 5.97 Å². The molecule has 4 rings (SSSR count). The lowest BCUT2D eigenvalue weighted by molar-refractivity contribution is -0.152. The first-order valence-corrected chi connectivity index (χ1v) is 10.2. The summed E-state index contributed by atoms with van der Waals surface area (Å²) in [4.78, 5) is 36.6. The zero-order chi connectivity index (χ0) is 21.5. The Kier molecular flexibility index (Phi) is 6.51. The van der Waals surface area contributed by atoms with Crippen LogP contribution in [0.5, 0.6) is 0 Å². The molecule has 1 amide bonds. The molecule has 0 unspecified atom stereocenters. The SMILES string of the molecule is O=C(CCc1cnn(-c2ccccc2)c1)OCC(=O)N1CCN(c2ncccn2)CC1. The molecule has 160 valence electrons. The minimum absolute atomic E-state index is 0.182. The van der Waals surface area contributed by atoms with Gasteiger partial charge in [-0.3, -0.25) is 9.59 Å². The van der Waals surface area contributed by atoms with Crippen LogP contribution >= 0.6 is 0 Å². The molecule has 1 aliphatic rings. The lowest BCUT2D eigenvalue weighted by Gasteiger charge is -2.34. The smallest absolute Gasteiger partial charge is 0.306 e. The quantitative estimate of drug-likeness (QED) is 0.535. The van der Waals surface area contributed by atoms with Crippen LogP contribution in [-0.4, -0.2) is 69.3 Å². The zero-order valence-corrected chi connectivity index (χ0v) is 17.1. The Balaban J connectivity index is 1.17. The van der Waals surface area contributed by atoms with Crippen molar-refractivity contribution < 1.29 is 14.3 Å². The molecule has 3 aromatic rings. The van der Waals surface area contributed by atoms with Gasteiger partial charge in [-0.2, -0.15) is 5.10 Å². The number of ether oxygens (including phenoxy) is 1. The predicted octanol–water partition coefficient (Wildman–Crippen LogP) is 1.49. The summed E-state index contributed by atoms with van der Waals surface area (Å²) in [6.45, 7) is 2.16. The van der Waals surface area contributed by atoms with Crippen LogP contribution in [0.3, 0.4) is 0 Å². The summed E-state index contributed by atoms with van der Waals surface area (Å²) in [7, 11) is 0. The second-order valence-corrected chi connectivity index (χ2v) is 7.21. The summed E-state index contributed by atoms with van der Waals surface area (Å²) < 4.78 is 6.95. The highest BCUT2D eigenvalue weighted by Crippen LogP contribution is 2.11. The van der Waals surface area contributed by atoms with Crippen molar-refractivity contribution in [1.29, 1.82) is 0 Å². The molecule has 1 saturated heterocycles. The Morgan fingerprint density at radius 3 is 2.45 bits per heavy atom. The maximum Gasteiger partial charge on any atom is 0.306 e. The molecule has 9 nitrogen and oxygen atoms in total. The van der Waals surface area contributed by atoms with Crippen molar-refractivity contribution in [2.24, 2.45) is 0 Å². The minimum atomic E-state index is -0.392. The third kappa shape index (κ3) is 5.44. The lowest BCUT2D eigenvalue weighted by atomic mass is 10.2. The molecule has 0 bridgehead atoms. The molecule has 0 atom stereocenters. The van der Waals surface area contributed by atoms with Gasteiger partial charge in [-0.15, -0.1) is 0 Å². The van der Waals surface area contributed by atoms with Gasteiger partial charge >= 0.3 is 5.97 Å². The molecule has 2 aromatic heterocycles. The Bertz CT molecular complexity index is 1000. The first-order valence-electron chi connectivity index (χ1n) is 10.2. The number of rotatable bonds is 7. The van der Waals surface area contributed by atoms with Gasteiger partial charge in [0.1, 0.15) is 0 Å². The number of hydrogen-bond donors (Lipinski definition) is 0. The van der Waals surface area contributed by atoms with E-state index in [1.807, 2.05) is 41.4 Å². The zero-order valence-electron chi connectivity index (χ0n) is 17.1. The van der Waals surface area contributed by atoms with Crippen molar-refractivity contribution in [2.75, 3.05) is 37.7 Å². The van der Waals surface area contributed by atoms with Crippen molar-refractivity contribution >= 4 is 17.8 Å². The van der Waals surface area contributed by atoms with E-state index in [0.717, 1.165) is 11.3 Å². The van der Waals surface area contributed by atoms with Crippen LogP contribution in [0.1, 0.15) is 12.0 Å². The van der Waals surface area contributed by atoms with Crippen molar-refractivity contribution in [2.45, 2.75) is 12.8 Å². The third-order valence-electron chi connectivity index (χ3n) is 5.10. The van der Waals surface area contributed by atoms with Gasteiger partial charge in [-0.05, 0) is 30.2 Å². The van der Waals surface area contributed by atoms with Crippen molar-refractivity contribution in [3.8, 4) is 5.69 Å². The Labute approximate surface area is 180 Å². The minimum Gasteiger partial charge on any atom is -0.456 e. The summed E-state index contributed by atoms with van der Waals surface area (Å²) in [5, 5.41) is 4.32. The fourth-order valence-corrected chi connectivity index (χ4v) is 3.37. The lowest BCUT2D eigenvalue weighted by Crippen LogP contribution is -2.50. The first kappa shape index (κ1) is 20.5. The Hall–Kier alpha value is -3.75. The third-order valence-corrected chi connectivity index (χ3v) is 5.10. The predicted molar refractivity (Wildman–Crippen MR) is 114 cm³/mol. The molecule has 0 saturated carbocycles. The number of piperazine rings is 1. The van der Waals surface area contributed by atoms with Gasteiger partial charge in [-0.25, -0.2) is 14.6 Å². The number of aryl methyl sites for hydroxylation is 1. The number of amides is 1. The van der Waals surface area contributed by atoms with Gasteiger partial charge in [0.15, 0.2) is 6.61 Å². The number of para-hydroxylation sites is 1. The van der Waals surface area contributed by atoms with Crippen molar-refractivity contribution in [1.82, 2.24) is 24.6 Å². The summed E-state index contributed by atoms with van der Waals surface area (Å²) >= 11 is 0. The van der Waals surface area contributed by atoms with Crippen LogP contribution in [0, 0.1) is 0 Å². The van der Waals surface area contributed by atoms with E-state index in [1.165, 1.54) is 0 Å². The number of carbonyl (C=O) groups is 2. The monoisotopic (exact) mass is 420 g/mol. The van der Waals surface area contributed by atoms with Gasteiger partial charge in [0.25, 0.3) is 5.91 Å². The fraction of sp³-hybridized carbons (Fsp3) is 0.318. The second kappa shape index (κ2) is 9.84. The normalized spacial score (nSPS) is 13.8. The molecule has 0 radical (unpaired) electrons. The fourth-order valence-electron chi connectivity index (χ4n) is 3.37. The van der Waals surface area contributed by atoms with Crippen LogP contribution in [-0.2, 0) is 20.7 Å². The summed E-state index contributed by atoms with van der Waals surface area (Å²) in [6, 6.07) is 11.5. The topological polar surface area (TPSA) is 93.5 Å². The maximum absolute atomic E-state index is 12.4. The number of anilines is 1. The van der Waals surface area contributed by atoms with Crippen LogP contribution < -0.4 is 4.90 Å². The molecule has 3 heterocycles. The summed E-state index contributed by atoms with van der Waals surface area (Å²) in [5.41, 5.74) is 1.90. The van der Waals surface area contributed by atoms with Gasteiger partial charge in [0, 0.05) is 51.2 Å². The number of benzene rings is 1. The van der Waals surface area contributed by atoms with Gasteiger partial charge < -0.3 is 14.5 Å². The average molecular weight is 420 g/mol. The number of hydrogen-bond acceptors (Lipinski definition) is 7. The average Bonchev–Trinajstić information content (AvgIpc) is 3.31. The molecule has 0 aliphatic carbocycles. The Morgan fingerprint density at radius 1 is 0.968 bits per heavy atom. The summed E-state index contributed by atoms with van der Waals surface area (Å²) in [5.74, 6) is 0.0904. The Morgan fingerprint density at radius 2 is 1.71 bits per heavy atom. The number of esters is 1. The number of carbonyl (C=O) groups excluding carboxylic acids is 2. The maximum atomic E-state index is 12.4. The highest BCUT2D eigenvalue weighted by atomic mass is 16.5. The highest BCUT2D eigenvalue weighted by Gasteiger charge is 2.23. The first-order chi connectivity index (χ1) is 15.2. The van der Waals surface area contributed by atoms with Crippen molar-refractivity contribution in [3.63, 3.8) is 0 Å². The molecule has 1 fully saturated rings. The number of aromatic nitrogens is 4. The van der Waals surface area contributed by atoms with E-state index in [0.29, 0.717) is 38.5 Å². The van der Waals surface area contributed by atoms with E-state index in [9.17, 15) is 9.59 Å². The van der Waals surface area contributed by atoms with E-state index in [2.05, 4.69) is 15.1 Å². The van der Waals surface area contributed by atoms with Crippen LogP contribution in [0.4, 0.5) is 5.95 Å². The molecular weight excluding hydrogens is 396 g/mol. The molecule has 31 heavy (non-hydrogen) atoms. The van der Waals surface area contributed by atoms with Gasteiger partial charge in [0.2, 0.25) is 5.95 Å². The largest absolute Gasteiger partial charge is 0.456 e. The molecule has 1 aromatic carbocycles. The molecule has 0 spiro atoms. The van der Waals surface area contributed by atoms with Crippen LogP contribution in [0.25, 0.3) is 5.69 Å². The van der Waals surface area contributed by atoms with Crippen LogP contribution in [0.15, 0.2) is 61.2 Å². The van der Waals surface area contributed by atoms with Gasteiger partial charge in [-0.1, -0.05) is 18.2 Å². The second-order valence-electron chi connectivity index (χ2n) is 7.21. The van der Waals surface area contributed by atoms with E-state index >= 15 is 0 Å². The van der Waals surface area contributed by atoms with E-state index in [-0.39, 0.29) is 18.9 Å². The standard InChI is InChI=1S/C22H24N6O3/c29-20(26-11-13-27(14-12-26)22-23-9-4-10-24-22)17-31-21(30)8-7-18-15-25-28(16-18)19-5-2-1-3-6-19/h1-6,9-10,15-16H,7-8,11-14,17H2. The summed E-state index contributed by atoms with van der Waals surface area (Å²) in [6.07, 6.45) is 7.74. The van der Waals surface area contributed by atoms with E-state index in [4.69, 9.17) is 4.74 Å². The highest BCUT2D eigenvalue weighted by molar-refractivity contribution is 5.81. The molecular formula is C22H24N6O3. The molecule has 0 N–H and O–H groups in total. The van der Waals surface area contributed by atoms with E-state index in [1.54, 1.807) is 34.2 Å². The van der Waals surface area contributed by atoms with Crippen LogP contribution in [0.2, 0.25) is 0 Å².